The fraction of sp³-hybridized carbons (Fsp3) is 0.625. The Labute approximate surface area is 121 Å². The maximum absolute atomic E-state index is 10.3. The molecule has 1 N–H and O–H groups in total. The largest absolute Gasteiger partial charge is 0.497 e. The maximum Gasteiger partial charge on any atom is 0.119 e. The van der Waals surface area contributed by atoms with E-state index in [2.05, 4.69) is 11.9 Å². The number of ether oxygens (including phenoxy) is 2. The van der Waals surface area contributed by atoms with Crippen molar-refractivity contribution in [2.75, 3.05) is 40.5 Å². The second-order valence-corrected chi connectivity index (χ2v) is 5.57. The summed E-state index contributed by atoms with van der Waals surface area (Å²) in [7, 11) is 3.71. The molecule has 1 heterocycles. The van der Waals surface area contributed by atoms with Crippen LogP contribution in [0.1, 0.15) is 24.5 Å². The highest BCUT2D eigenvalue weighted by atomic mass is 16.5. The molecule has 112 valence electrons. The highest BCUT2D eigenvalue weighted by molar-refractivity contribution is 5.29. The average Bonchev–Trinajstić information content (AvgIpc) is 2.48. The minimum Gasteiger partial charge on any atom is -0.497 e. The molecule has 4 nitrogen and oxygen atoms in total. The summed E-state index contributed by atoms with van der Waals surface area (Å²) in [5.41, 5.74) is 0.906. The van der Waals surface area contributed by atoms with E-state index >= 15 is 0 Å². The van der Waals surface area contributed by atoms with Crippen molar-refractivity contribution in [2.24, 2.45) is 5.92 Å². The van der Waals surface area contributed by atoms with Crippen molar-refractivity contribution < 1.29 is 14.6 Å². The molecule has 1 aliphatic heterocycles. The van der Waals surface area contributed by atoms with Gasteiger partial charge < -0.3 is 19.5 Å². The Morgan fingerprint density at radius 3 is 2.85 bits per heavy atom. The smallest absolute Gasteiger partial charge is 0.119 e. The lowest BCUT2D eigenvalue weighted by atomic mass is 9.99. The van der Waals surface area contributed by atoms with Gasteiger partial charge in [0.25, 0.3) is 0 Å². The Hall–Kier alpha value is -1.10. The molecule has 4 heteroatoms. The molecule has 1 atom stereocenters. The van der Waals surface area contributed by atoms with E-state index in [9.17, 15) is 5.11 Å². The Morgan fingerprint density at radius 2 is 2.15 bits per heavy atom. The Bertz CT molecular complexity index is 404. The van der Waals surface area contributed by atoms with Crippen molar-refractivity contribution >= 4 is 0 Å². The molecule has 1 unspecified atom stereocenters. The van der Waals surface area contributed by atoms with Gasteiger partial charge in [-0.25, -0.2) is 0 Å². The third-order valence-corrected chi connectivity index (χ3v) is 3.87. The molecular weight excluding hydrogens is 254 g/mol. The third-order valence-electron chi connectivity index (χ3n) is 3.87. The standard InChI is InChI=1S/C16H25NO3/c1-17(11-13-6-8-20-9-7-13)12-16(18)14-4-3-5-15(10-14)19-2/h3-5,10,13,16,18H,6-9,11-12H2,1-2H3. The van der Waals surface area contributed by atoms with E-state index in [1.807, 2.05) is 24.3 Å². The van der Waals surface area contributed by atoms with Gasteiger partial charge >= 0.3 is 0 Å². The normalized spacial score (nSPS) is 18.2. The quantitative estimate of drug-likeness (QED) is 0.866. The molecule has 0 spiro atoms. The molecular formula is C16H25NO3. The Kier molecular flexibility index (Phi) is 5.83. The summed E-state index contributed by atoms with van der Waals surface area (Å²) in [6.07, 6.45) is 1.77. The number of methoxy groups -OCH3 is 1. The number of benzene rings is 1. The van der Waals surface area contributed by atoms with E-state index in [1.54, 1.807) is 7.11 Å². The van der Waals surface area contributed by atoms with E-state index in [-0.39, 0.29) is 0 Å². The minimum absolute atomic E-state index is 0.477. The summed E-state index contributed by atoms with van der Waals surface area (Å²) in [6.45, 7) is 3.41. The summed E-state index contributed by atoms with van der Waals surface area (Å²) >= 11 is 0. The van der Waals surface area contributed by atoms with Crippen molar-refractivity contribution in [1.82, 2.24) is 4.90 Å². The molecule has 1 fully saturated rings. The first kappa shape index (κ1) is 15.3. The number of rotatable bonds is 6. The zero-order valence-corrected chi connectivity index (χ0v) is 12.4. The van der Waals surface area contributed by atoms with Gasteiger partial charge in [-0.2, -0.15) is 0 Å². The summed E-state index contributed by atoms with van der Waals surface area (Å²) in [4.78, 5) is 2.21. The number of hydrogen-bond acceptors (Lipinski definition) is 4. The van der Waals surface area contributed by atoms with Crippen molar-refractivity contribution in [2.45, 2.75) is 18.9 Å². The third kappa shape index (κ3) is 4.47. The Balaban J connectivity index is 1.84. The number of likely N-dealkylation sites (N-methyl/N-ethyl adjacent to an activating group) is 1. The van der Waals surface area contributed by atoms with Gasteiger partial charge in [0.2, 0.25) is 0 Å². The highest BCUT2D eigenvalue weighted by Gasteiger charge is 2.18. The first-order valence-electron chi connectivity index (χ1n) is 7.27. The van der Waals surface area contributed by atoms with Gasteiger partial charge in [0.05, 0.1) is 13.2 Å². The van der Waals surface area contributed by atoms with Crippen LogP contribution in [0.3, 0.4) is 0 Å². The van der Waals surface area contributed by atoms with Crippen molar-refractivity contribution in [3.63, 3.8) is 0 Å². The van der Waals surface area contributed by atoms with Gasteiger partial charge in [0.1, 0.15) is 5.75 Å². The van der Waals surface area contributed by atoms with Gasteiger partial charge in [-0.15, -0.1) is 0 Å². The average molecular weight is 279 g/mol. The zero-order valence-electron chi connectivity index (χ0n) is 12.4. The van der Waals surface area contributed by atoms with E-state index in [4.69, 9.17) is 9.47 Å². The number of nitrogens with zero attached hydrogens (tertiary/aromatic N) is 1. The van der Waals surface area contributed by atoms with Crippen LogP contribution in [-0.4, -0.2) is 50.5 Å². The van der Waals surface area contributed by atoms with Crippen LogP contribution in [0.4, 0.5) is 0 Å². The van der Waals surface area contributed by atoms with Gasteiger partial charge in [-0.05, 0) is 43.5 Å². The van der Waals surface area contributed by atoms with Crippen LogP contribution < -0.4 is 4.74 Å². The van der Waals surface area contributed by atoms with E-state index in [0.717, 1.165) is 43.9 Å². The molecule has 20 heavy (non-hydrogen) atoms. The van der Waals surface area contributed by atoms with Crippen LogP contribution in [-0.2, 0) is 4.74 Å². The first-order chi connectivity index (χ1) is 9.69. The summed E-state index contributed by atoms with van der Waals surface area (Å²) in [5, 5.41) is 10.3. The zero-order chi connectivity index (χ0) is 14.4. The monoisotopic (exact) mass is 279 g/mol. The van der Waals surface area contributed by atoms with Crippen LogP contribution in [0.2, 0.25) is 0 Å². The lowest BCUT2D eigenvalue weighted by molar-refractivity contribution is 0.0477. The first-order valence-corrected chi connectivity index (χ1v) is 7.27. The molecule has 0 radical (unpaired) electrons. The van der Waals surface area contributed by atoms with Crippen LogP contribution in [0.5, 0.6) is 5.75 Å². The topological polar surface area (TPSA) is 41.9 Å². The van der Waals surface area contributed by atoms with Crippen LogP contribution in [0.25, 0.3) is 0 Å². The number of aliphatic hydroxyl groups excluding tert-OH is 1. The molecule has 2 rings (SSSR count). The van der Waals surface area contributed by atoms with Gasteiger partial charge in [0, 0.05) is 26.3 Å². The van der Waals surface area contributed by atoms with Crippen LogP contribution in [0, 0.1) is 5.92 Å². The van der Waals surface area contributed by atoms with Gasteiger partial charge in [-0.3, -0.25) is 0 Å². The molecule has 0 aromatic heterocycles. The molecule has 0 aliphatic carbocycles. The molecule has 1 aromatic rings. The lowest BCUT2D eigenvalue weighted by Gasteiger charge is -2.28. The molecule has 0 amide bonds. The predicted molar refractivity (Wildman–Crippen MR) is 79.0 cm³/mol. The summed E-state index contributed by atoms with van der Waals surface area (Å²) in [6, 6.07) is 7.64. The minimum atomic E-state index is -0.477. The van der Waals surface area contributed by atoms with Gasteiger partial charge in [-0.1, -0.05) is 12.1 Å². The van der Waals surface area contributed by atoms with Crippen molar-refractivity contribution in [1.29, 1.82) is 0 Å². The van der Waals surface area contributed by atoms with Gasteiger partial charge in [0.15, 0.2) is 0 Å². The Morgan fingerprint density at radius 1 is 1.40 bits per heavy atom. The van der Waals surface area contributed by atoms with Crippen LogP contribution in [0.15, 0.2) is 24.3 Å². The van der Waals surface area contributed by atoms with Crippen molar-refractivity contribution in [3.05, 3.63) is 29.8 Å². The second kappa shape index (κ2) is 7.62. The lowest BCUT2D eigenvalue weighted by Crippen LogP contribution is -2.32. The van der Waals surface area contributed by atoms with Crippen molar-refractivity contribution in [3.8, 4) is 5.75 Å². The number of aliphatic hydroxyl groups is 1. The molecule has 1 saturated heterocycles. The van der Waals surface area contributed by atoms with Crippen LogP contribution >= 0.6 is 0 Å². The summed E-state index contributed by atoms with van der Waals surface area (Å²) < 4.78 is 10.6. The fourth-order valence-corrected chi connectivity index (χ4v) is 2.69. The fourth-order valence-electron chi connectivity index (χ4n) is 2.69. The molecule has 1 aromatic carbocycles. The predicted octanol–water partition coefficient (Wildman–Crippen LogP) is 2.09. The van der Waals surface area contributed by atoms with E-state index < -0.39 is 6.10 Å². The molecule has 0 bridgehead atoms. The second-order valence-electron chi connectivity index (χ2n) is 5.57. The number of hydrogen-bond donors (Lipinski definition) is 1. The van der Waals surface area contributed by atoms with E-state index in [1.165, 1.54) is 0 Å². The van der Waals surface area contributed by atoms with E-state index in [0.29, 0.717) is 12.5 Å². The molecule has 1 aliphatic rings. The summed E-state index contributed by atoms with van der Waals surface area (Å²) in [5.74, 6) is 1.47. The molecule has 0 saturated carbocycles. The SMILES string of the molecule is COc1cccc(C(O)CN(C)CC2CCOCC2)c1. The maximum atomic E-state index is 10.3. The highest BCUT2D eigenvalue weighted by Crippen LogP contribution is 2.21.